The molecule has 0 radical (unpaired) electrons. The molecule has 0 aliphatic heterocycles. The Labute approximate surface area is 154 Å². The maximum atomic E-state index is 10.7. The lowest BCUT2D eigenvalue weighted by atomic mass is 10.00. The van der Waals surface area contributed by atoms with Crippen LogP contribution < -0.4 is 5.73 Å². The van der Waals surface area contributed by atoms with E-state index in [1.165, 1.54) is 71.1 Å². The van der Waals surface area contributed by atoms with E-state index in [2.05, 4.69) is 6.92 Å². The number of unbranched alkanes of at least 4 members (excludes halogenated alkanes) is 11. The van der Waals surface area contributed by atoms with Gasteiger partial charge in [-0.25, -0.2) is 0 Å². The predicted molar refractivity (Wildman–Crippen MR) is 102 cm³/mol. The first-order chi connectivity index (χ1) is 12.0. The Bertz CT molecular complexity index is 312. The van der Waals surface area contributed by atoms with E-state index in [9.17, 15) is 15.0 Å². The van der Waals surface area contributed by atoms with Crippen molar-refractivity contribution in [3.05, 3.63) is 0 Å². The van der Waals surface area contributed by atoms with Crippen LogP contribution in [-0.2, 0) is 9.53 Å². The average Bonchev–Trinajstić information content (AvgIpc) is 2.59. The lowest BCUT2D eigenvalue weighted by molar-refractivity contribution is -0.142. The van der Waals surface area contributed by atoms with E-state index in [-0.39, 0.29) is 6.61 Å². The van der Waals surface area contributed by atoms with Gasteiger partial charge in [0.15, 0.2) is 0 Å². The molecule has 3 atom stereocenters. The number of carbonyl (C=O) groups excluding carboxylic acids is 1. The van der Waals surface area contributed by atoms with Crippen molar-refractivity contribution in [2.24, 2.45) is 5.73 Å². The first-order valence-electron chi connectivity index (χ1n) is 10.2. The van der Waals surface area contributed by atoms with Crippen LogP contribution in [0.1, 0.15) is 97.3 Å². The number of rotatable bonds is 17. The van der Waals surface area contributed by atoms with Crippen LogP contribution >= 0.6 is 0 Å². The third kappa shape index (κ3) is 15.3. The van der Waals surface area contributed by atoms with Crippen LogP contribution in [-0.4, -0.2) is 41.0 Å². The standard InChI is InChI=1S/C20H41NO4/c1-3-4-5-6-7-8-9-10-11-12-13-14-15-19(23)20(24)18(21)16-25-17(2)22/h18-20,23-24H,3-16,21H2,1-2H3/t18-,19+,20-/m0/s1. The van der Waals surface area contributed by atoms with Crippen molar-refractivity contribution in [1.82, 2.24) is 0 Å². The van der Waals surface area contributed by atoms with Gasteiger partial charge in [-0.2, -0.15) is 0 Å². The maximum Gasteiger partial charge on any atom is 0.302 e. The Hall–Kier alpha value is -0.650. The van der Waals surface area contributed by atoms with E-state index in [0.29, 0.717) is 6.42 Å². The van der Waals surface area contributed by atoms with Crippen molar-refractivity contribution in [1.29, 1.82) is 0 Å². The molecular weight excluding hydrogens is 318 g/mol. The summed E-state index contributed by atoms with van der Waals surface area (Å²) in [4.78, 5) is 10.7. The molecule has 0 amide bonds. The lowest BCUT2D eigenvalue weighted by Gasteiger charge is -2.23. The number of hydrogen-bond donors (Lipinski definition) is 3. The molecule has 0 aromatic rings. The van der Waals surface area contributed by atoms with Gasteiger partial charge >= 0.3 is 5.97 Å². The topological polar surface area (TPSA) is 92.8 Å². The fourth-order valence-corrected chi connectivity index (χ4v) is 2.96. The molecule has 150 valence electrons. The molecule has 0 aromatic heterocycles. The summed E-state index contributed by atoms with van der Waals surface area (Å²) in [6.45, 7) is 3.48. The maximum absolute atomic E-state index is 10.7. The van der Waals surface area contributed by atoms with Gasteiger partial charge in [-0.1, -0.05) is 84.0 Å². The minimum absolute atomic E-state index is 0.0635. The predicted octanol–water partition coefficient (Wildman–Crippen LogP) is 3.69. The van der Waals surface area contributed by atoms with Crippen LogP contribution in [0.15, 0.2) is 0 Å². The van der Waals surface area contributed by atoms with Gasteiger partial charge in [0, 0.05) is 6.92 Å². The van der Waals surface area contributed by atoms with Gasteiger partial charge in [-0.05, 0) is 6.42 Å². The molecule has 5 nitrogen and oxygen atoms in total. The van der Waals surface area contributed by atoms with E-state index in [1.54, 1.807) is 0 Å². The number of aliphatic hydroxyl groups is 2. The molecule has 0 saturated heterocycles. The van der Waals surface area contributed by atoms with Gasteiger partial charge in [-0.3, -0.25) is 4.79 Å². The van der Waals surface area contributed by atoms with Crippen LogP contribution in [0.5, 0.6) is 0 Å². The second kappa shape index (κ2) is 16.8. The molecule has 0 bridgehead atoms. The Morgan fingerprint density at radius 3 is 1.76 bits per heavy atom. The molecule has 25 heavy (non-hydrogen) atoms. The molecule has 0 spiro atoms. The van der Waals surface area contributed by atoms with E-state index >= 15 is 0 Å². The number of aliphatic hydroxyl groups excluding tert-OH is 2. The third-order valence-electron chi connectivity index (χ3n) is 4.67. The summed E-state index contributed by atoms with van der Waals surface area (Å²) in [5, 5.41) is 19.9. The average molecular weight is 360 g/mol. The van der Waals surface area contributed by atoms with Gasteiger partial charge in [0.25, 0.3) is 0 Å². The number of ether oxygens (including phenoxy) is 1. The highest BCUT2D eigenvalue weighted by Crippen LogP contribution is 2.14. The smallest absolute Gasteiger partial charge is 0.302 e. The van der Waals surface area contributed by atoms with Crippen molar-refractivity contribution in [2.75, 3.05) is 6.61 Å². The van der Waals surface area contributed by atoms with E-state index in [0.717, 1.165) is 12.8 Å². The second-order valence-corrected chi connectivity index (χ2v) is 7.20. The molecule has 0 aliphatic carbocycles. The summed E-state index contributed by atoms with van der Waals surface area (Å²) < 4.78 is 4.76. The fraction of sp³-hybridized carbons (Fsp3) is 0.950. The summed E-state index contributed by atoms with van der Waals surface area (Å²) in [5.74, 6) is -0.432. The molecule has 0 fully saturated rings. The summed E-state index contributed by atoms with van der Waals surface area (Å²) in [5.41, 5.74) is 5.72. The molecule has 0 aliphatic rings. The fourth-order valence-electron chi connectivity index (χ4n) is 2.96. The minimum Gasteiger partial charge on any atom is -0.464 e. The van der Waals surface area contributed by atoms with Crippen LogP contribution in [0.25, 0.3) is 0 Å². The van der Waals surface area contributed by atoms with Crippen molar-refractivity contribution in [2.45, 2.75) is 116 Å². The second-order valence-electron chi connectivity index (χ2n) is 7.20. The summed E-state index contributed by atoms with van der Waals surface area (Å²) in [6.07, 6.45) is 13.8. The Morgan fingerprint density at radius 1 is 0.880 bits per heavy atom. The molecule has 0 rings (SSSR count). The van der Waals surface area contributed by atoms with Crippen molar-refractivity contribution in [3.8, 4) is 0 Å². The first-order valence-corrected chi connectivity index (χ1v) is 10.2. The molecule has 0 aromatic carbocycles. The lowest BCUT2D eigenvalue weighted by Crippen LogP contribution is -2.46. The van der Waals surface area contributed by atoms with Gasteiger partial charge in [0.2, 0.25) is 0 Å². The molecular formula is C20H41NO4. The normalized spacial score (nSPS) is 14.9. The molecule has 5 heteroatoms. The summed E-state index contributed by atoms with van der Waals surface area (Å²) in [6, 6.07) is -0.740. The Kier molecular flexibility index (Phi) is 16.4. The van der Waals surface area contributed by atoms with Crippen LogP contribution in [0, 0.1) is 0 Å². The molecule has 4 N–H and O–H groups in total. The quantitative estimate of drug-likeness (QED) is 0.272. The van der Waals surface area contributed by atoms with Crippen molar-refractivity contribution in [3.63, 3.8) is 0 Å². The monoisotopic (exact) mass is 359 g/mol. The summed E-state index contributed by atoms with van der Waals surface area (Å²) in [7, 11) is 0. The molecule has 0 saturated carbocycles. The molecule has 0 heterocycles. The third-order valence-corrected chi connectivity index (χ3v) is 4.67. The number of nitrogens with two attached hydrogens (primary N) is 1. The Morgan fingerprint density at radius 2 is 1.32 bits per heavy atom. The van der Waals surface area contributed by atoms with Gasteiger partial charge in [0.1, 0.15) is 6.61 Å². The highest BCUT2D eigenvalue weighted by molar-refractivity contribution is 5.65. The Balaban J connectivity index is 3.44. The van der Waals surface area contributed by atoms with E-state index in [4.69, 9.17) is 10.5 Å². The first kappa shape index (κ1) is 24.4. The van der Waals surface area contributed by atoms with Gasteiger partial charge in [0.05, 0.1) is 18.2 Å². The minimum atomic E-state index is -1.05. The van der Waals surface area contributed by atoms with Crippen LogP contribution in [0.4, 0.5) is 0 Å². The van der Waals surface area contributed by atoms with Crippen LogP contribution in [0.3, 0.4) is 0 Å². The highest BCUT2D eigenvalue weighted by atomic mass is 16.5. The molecule has 0 unspecified atom stereocenters. The van der Waals surface area contributed by atoms with Gasteiger partial charge in [-0.15, -0.1) is 0 Å². The van der Waals surface area contributed by atoms with Crippen LogP contribution in [0.2, 0.25) is 0 Å². The number of hydrogen-bond acceptors (Lipinski definition) is 5. The SMILES string of the molecule is CCCCCCCCCCCCCC[C@@H](O)[C@@H](O)[C@@H](N)COC(C)=O. The van der Waals surface area contributed by atoms with Crippen molar-refractivity contribution < 1.29 is 19.7 Å². The summed E-state index contributed by atoms with van der Waals surface area (Å²) >= 11 is 0. The zero-order chi connectivity index (χ0) is 18.9. The largest absolute Gasteiger partial charge is 0.464 e. The van der Waals surface area contributed by atoms with Gasteiger partial charge < -0.3 is 20.7 Å². The number of carbonyl (C=O) groups is 1. The zero-order valence-corrected chi connectivity index (χ0v) is 16.4. The van der Waals surface area contributed by atoms with E-state index in [1.807, 2.05) is 0 Å². The van der Waals surface area contributed by atoms with Crippen molar-refractivity contribution >= 4 is 5.97 Å². The zero-order valence-electron chi connectivity index (χ0n) is 16.4. The number of esters is 1. The van der Waals surface area contributed by atoms with E-state index < -0.39 is 24.2 Å². The highest BCUT2D eigenvalue weighted by Gasteiger charge is 2.23.